The van der Waals surface area contributed by atoms with Crippen LogP contribution in [0.25, 0.3) is 0 Å². The van der Waals surface area contributed by atoms with Crippen LogP contribution < -0.4 is 10.1 Å². The van der Waals surface area contributed by atoms with Gasteiger partial charge in [0.25, 0.3) is 11.8 Å². The van der Waals surface area contributed by atoms with Crippen LogP contribution in [0.5, 0.6) is 5.75 Å². The van der Waals surface area contributed by atoms with Crippen LogP contribution >= 0.6 is 0 Å². The fourth-order valence-electron chi connectivity index (χ4n) is 2.83. The van der Waals surface area contributed by atoms with Crippen molar-refractivity contribution in [1.82, 2.24) is 25.0 Å². The van der Waals surface area contributed by atoms with E-state index < -0.39 is 18.0 Å². The van der Waals surface area contributed by atoms with Crippen molar-refractivity contribution in [3.8, 4) is 5.75 Å². The van der Waals surface area contributed by atoms with Crippen molar-refractivity contribution >= 4 is 11.8 Å². The molecule has 0 radical (unpaired) electrons. The first kappa shape index (κ1) is 19.6. The van der Waals surface area contributed by atoms with Crippen molar-refractivity contribution in [2.24, 2.45) is 0 Å². The van der Waals surface area contributed by atoms with Crippen LogP contribution in [0.1, 0.15) is 40.6 Å². The zero-order chi connectivity index (χ0) is 20.5. The van der Waals surface area contributed by atoms with E-state index in [9.17, 15) is 22.8 Å². The van der Waals surface area contributed by atoms with Gasteiger partial charge in [-0.05, 0) is 32.0 Å². The lowest BCUT2D eigenvalue weighted by Crippen LogP contribution is -2.40. The number of benzene rings is 1. The molecule has 0 aliphatic carbocycles. The Hall–Kier alpha value is -3.11. The number of halogens is 3. The van der Waals surface area contributed by atoms with Gasteiger partial charge in [0.15, 0.2) is 5.82 Å². The van der Waals surface area contributed by atoms with Gasteiger partial charge in [0.2, 0.25) is 5.82 Å². The first-order valence-electron chi connectivity index (χ1n) is 8.52. The highest BCUT2D eigenvalue weighted by molar-refractivity contribution is 5.94. The van der Waals surface area contributed by atoms with Crippen LogP contribution in [0.15, 0.2) is 24.3 Å². The Morgan fingerprint density at radius 1 is 1.21 bits per heavy atom. The summed E-state index contributed by atoms with van der Waals surface area (Å²) >= 11 is 0. The minimum atomic E-state index is -4.84. The summed E-state index contributed by atoms with van der Waals surface area (Å²) in [6, 6.07) is 4.82. The molecule has 0 atom stereocenters. The first-order chi connectivity index (χ1) is 13.1. The Balaban J connectivity index is 1.74. The monoisotopic (exact) mass is 397 g/mol. The molecule has 1 aliphatic heterocycles. The number of rotatable bonds is 4. The molecule has 2 amide bonds. The molecule has 150 valence electrons. The molecule has 1 aliphatic rings. The van der Waals surface area contributed by atoms with Gasteiger partial charge in [-0.1, -0.05) is 6.07 Å². The standard InChI is InChI=1S/C17H18F3N5O3/c1-10(2)21-15(26)14-23-22-13-9-24(6-7-25(13)14)16(27)11-4-3-5-12(8-11)28-17(18,19)20/h3-5,8,10H,6-7,9H2,1-2H3,(H,21,26). The number of ether oxygens (including phenoxy) is 1. The highest BCUT2D eigenvalue weighted by Gasteiger charge is 2.32. The van der Waals surface area contributed by atoms with E-state index >= 15 is 0 Å². The number of alkyl halides is 3. The summed E-state index contributed by atoms with van der Waals surface area (Å²) in [6.07, 6.45) is -4.84. The fraction of sp³-hybridized carbons (Fsp3) is 0.412. The average Bonchev–Trinajstić information content (AvgIpc) is 3.02. The first-order valence-corrected chi connectivity index (χ1v) is 8.52. The van der Waals surface area contributed by atoms with E-state index in [0.717, 1.165) is 12.1 Å². The van der Waals surface area contributed by atoms with Crippen LogP contribution in [-0.4, -0.2) is 50.4 Å². The highest BCUT2D eigenvalue weighted by atomic mass is 19.4. The molecule has 1 aromatic carbocycles. The second kappa shape index (κ2) is 7.49. The number of carbonyl (C=O) groups is 2. The number of hydrogen-bond acceptors (Lipinski definition) is 5. The second-order valence-corrected chi connectivity index (χ2v) is 6.52. The Labute approximate surface area is 158 Å². The van der Waals surface area contributed by atoms with Gasteiger partial charge in [-0.2, -0.15) is 0 Å². The number of hydrogen-bond donors (Lipinski definition) is 1. The molecule has 1 aromatic heterocycles. The van der Waals surface area contributed by atoms with E-state index in [0.29, 0.717) is 12.4 Å². The predicted molar refractivity (Wildman–Crippen MR) is 90.5 cm³/mol. The highest BCUT2D eigenvalue weighted by Crippen LogP contribution is 2.24. The largest absolute Gasteiger partial charge is 0.573 e. The normalized spacial score (nSPS) is 14.0. The number of amides is 2. The zero-order valence-corrected chi connectivity index (χ0v) is 15.2. The summed E-state index contributed by atoms with van der Waals surface area (Å²) in [4.78, 5) is 26.3. The van der Waals surface area contributed by atoms with E-state index in [1.165, 1.54) is 17.0 Å². The molecule has 0 saturated heterocycles. The molecule has 28 heavy (non-hydrogen) atoms. The lowest BCUT2D eigenvalue weighted by molar-refractivity contribution is -0.274. The van der Waals surface area contributed by atoms with E-state index in [1.54, 1.807) is 4.57 Å². The molecule has 0 fully saturated rings. The Kier molecular flexibility index (Phi) is 5.25. The summed E-state index contributed by atoms with van der Waals surface area (Å²) in [5.74, 6) is -0.695. The third-order valence-electron chi connectivity index (χ3n) is 3.98. The summed E-state index contributed by atoms with van der Waals surface area (Å²) in [6.45, 7) is 4.29. The van der Waals surface area contributed by atoms with E-state index in [4.69, 9.17) is 0 Å². The SMILES string of the molecule is CC(C)NC(=O)c1nnc2n1CCN(C(=O)c1cccc(OC(F)(F)F)c1)C2. The molecule has 0 bridgehead atoms. The van der Waals surface area contributed by atoms with E-state index in [1.807, 2.05) is 13.8 Å². The molecule has 8 nitrogen and oxygen atoms in total. The third-order valence-corrected chi connectivity index (χ3v) is 3.98. The van der Waals surface area contributed by atoms with Gasteiger partial charge in [-0.3, -0.25) is 9.59 Å². The van der Waals surface area contributed by atoms with Crippen molar-refractivity contribution in [3.63, 3.8) is 0 Å². The number of nitrogens with one attached hydrogen (secondary N) is 1. The Morgan fingerprint density at radius 2 is 1.96 bits per heavy atom. The van der Waals surface area contributed by atoms with Crippen LogP contribution in [-0.2, 0) is 13.1 Å². The van der Waals surface area contributed by atoms with Gasteiger partial charge in [0.1, 0.15) is 5.75 Å². The van der Waals surface area contributed by atoms with E-state index in [-0.39, 0.29) is 36.4 Å². The van der Waals surface area contributed by atoms with Gasteiger partial charge in [-0.15, -0.1) is 23.4 Å². The molecule has 2 aromatic rings. The van der Waals surface area contributed by atoms with Crippen LogP contribution in [0.3, 0.4) is 0 Å². The van der Waals surface area contributed by atoms with Crippen molar-refractivity contribution in [2.45, 2.75) is 39.3 Å². The van der Waals surface area contributed by atoms with Gasteiger partial charge in [0.05, 0.1) is 6.54 Å². The van der Waals surface area contributed by atoms with Crippen LogP contribution in [0, 0.1) is 0 Å². The van der Waals surface area contributed by atoms with Crippen LogP contribution in [0.2, 0.25) is 0 Å². The maximum atomic E-state index is 12.7. The molecular formula is C17H18F3N5O3. The van der Waals surface area contributed by atoms with Gasteiger partial charge in [-0.25, -0.2) is 0 Å². The molecule has 0 unspecified atom stereocenters. The molecule has 3 rings (SSSR count). The topological polar surface area (TPSA) is 89.4 Å². The maximum absolute atomic E-state index is 12.7. The van der Waals surface area contributed by atoms with Crippen molar-refractivity contribution in [1.29, 1.82) is 0 Å². The summed E-state index contributed by atoms with van der Waals surface area (Å²) in [7, 11) is 0. The minimum absolute atomic E-state index is 0.0617. The minimum Gasteiger partial charge on any atom is -0.406 e. The van der Waals surface area contributed by atoms with Gasteiger partial charge >= 0.3 is 6.36 Å². The fourth-order valence-corrected chi connectivity index (χ4v) is 2.83. The van der Waals surface area contributed by atoms with Gasteiger partial charge in [0, 0.05) is 24.7 Å². The van der Waals surface area contributed by atoms with Crippen LogP contribution in [0.4, 0.5) is 13.2 Å². The smallest absolute Gasteiger partial charge is 0.406 e. The number of fused-ring (bicyclic) bond motifs is 1. The molecular weight excluding hydrogens is 379 g/mol. The molecule has 0 spiro atoms. The number of nitrogens with zero attached hydrogens (tertiary/aromatic N) is 4. The summed E-state index contributed by atoms with van der Waals surface area (Å²) in [5.41, 5.74) is 0.0625. The summed E-state index contributed by atoms with van der Waals surface area (Å²) in [5, 5.41) is 10.6. The zero-order valence-electron chi connectivity index (χ0n) is 15.2. The molecule has 0 saturated carbocycles. The number of aromatic nitrogens is 3. The molecule has 11 heteroatoms. The summed E-state index contributed by atoms with van der Waals surface area (Å²) < 4.78 is 42.6. The molecule has 1 N–H and O–H groups in total. The Morgan fingerprint density at radius 3 is 2.64 bits per heavy atom. The maximum Gasteiger partial charge on any atom is 0.573 e. The Bertz CT molecular complexity index is 894. The van der Waals surface area contributed by atoms with E-state index in [2.05, 4.69) is 20.3 Å². The predicted octanol–water partition coefficient (Wildman–Crippen LogP) is 1.97. The lowest BCUT2D eigenvalue weighted by Gasteiger charge is -2.28. The van der Waals surface area contributed by atoms with Crippen molar-refractivity contribution in [3.05, 3.63) is 41.5 Å². The lowest BCUT2D eigenvalue weighted by atomic mass is 10.1. The number of carbonyl (C=O) groups excluding carboxylic acids is 2. The second-order valence-electron chi connectivity index (χ2n) is 6.52. The van der Waals surface area contributed by atoms with Crippen molar-refractivity contribution in [2.75, 3.05) is 6.54 Å². The average molecular weight is 397 g/mol. The molecule has 2 heterocycles. The van der Waals surface area contributed by atoms with Crippen molar-refractivity contribution < 1.29 is 27.5 Å². The third kappa shape index (κ3) is 4.41. The van der Waals surface area contributed by atoms with Gasteiger partial charge < -0.3 is 19.5 Å². The quantitative estimate of drug-likeness (QED) is 0.852.